The number of ether oxygens (including phenoxy) is 2. The highest BCUT2D eigenvalue weighted by Crippen LogP contribution is 2.23. The summed E-state index contributed by atoms with van der Waals surface area (Å²) < 4.78 is 10.6. The van der Waals surface area contributed by atoms with Crippen LogP contribution in [0.5, 0.6) is 5.75 Å². The van der Waals surface area contributed by atoms with Crippen molar-refractivity contribution >= 4 is 11.7 Å². The summed E-state index contributed by atoms with van der Waals surface area (Å²) in [7, 11) is 0. The third-order valence-corrected chi connectivity index (χ3v) is 2.45. The van der Waals surface area contributed by atoms with Crippen LogP contribution in [0, 0.1) is 0 Å². The van der Waals surface area contributed by atoms with E-state index in [9.17, 15) is 4.79 Å². The van der Waals surface area contributed by atoms with Gasteiger partial charge in [-0.3, -0.25) is 0 Å². The van der Waals surface area contributed by atoms with Crippen LogP contribution in [-0.4, -0.2) is 19.2 Å². The number of carbonyl (C=O) groups is 1. The average Bonchev–Trinajstić information content (AvgIpc) is 2.37. The normalized spacial score (nSPS) is 10.0. The molecule has 0 radical (unpaired) electrons. The Morgan fingerprint density at radius 1 is 1.42 bits per heavy atom. The first kappa shape index (κ1) is 15.1. The molecule has 0 unspecified atom stereocenters. The van der Waals surface area contributed by atoms with E-state index in [-0.39, 0.29) is 5.97 Å². The van der Waals surface area contributed by atoms with Crippen molar-refractivity contribution in [2.45, 2.75) is 26.7 Å². The van der Waals surface area contributed by atoms with Gasteiger partial charge in [-0.15, -0.1) is 0 Å². The highest BCUT2D eigenvalue weighted by atomic mass is 16.5. The fourth-order valence-corrected chi connectivity index (χ4v) is 1.40. The van der Waals surface area contributed by atoms with Gasteiger partial charge in [-0.25, -0.2) is 4.79 Å². The van der Waals surface area contributed by atoms with Crippen molar-refractivity contribution in [1.82, 2.24) is 0 Å². The summed E-state index contributed by atoms with van der Waals surface area (Å²) >= 11 is 0. The maximum absolute atomic E-state index is 11.7. The predicted molar refractivity (Wildman–Crippen MR) is 76.4 cm³/mol. The van der Waals surface area contributed by atoms with Crippen LogP contribution < -0.4 is 10.5 Å². The minimum atomic E-state index is -0.355. The Labute approximate surface area is 114 Å². The molecule has 104 valence electrons. The van der Waals surface area contributed by atoms with E-state index in [2.05, 4.69) is 6.58 Å². The number of benzene rings is 1. The Balaban J connectivity index is 2.65. The number of unbranched alkanes of at least 4 members (excludes halogenated alkanes) is 1. The quantitative estimate of drug-likeness (QED) is 0.355. The van der Waals surface area contributed by atoms with Crippen molar-refractivity contribution in [2.75, 3.05) is 18.9 Å². The zero-order valence-electron chi connectivity index (χ0n) is 11.6. The molecule has 1 rings (SSSR count). The molecule has 0 amide bonds. The molecule has 1 aromatic carbocycles. The molecule has 0 fully saturated rings. The first-order valence-corrected chi connectivity index (χ1v) is 6.38. The maximum Gasteiger partial charge on any atom is 0.338 e. The van der Waals surface area contributed by atoms with Gasteiger partial charge in [0, 0.05) is 0 Å². The largest absolute Gasteiger partial charge is 0.487 e. The van der Waals surface area contributed by atoms with Crippen LogP contribution >= 0.6 is 0 Å². The number of hydrogen-bond acceptors (Lipinski definition) is 4. The van der Waals surface area contributed by atoms with Crippen molar-refractivity contribution in [1.29, 1.82) is 0 Å². The molecule has 19 heavy (non-hydrogen) atoms. The molecule has 0 spiro atoms. The Kier molecular flexibility index (Phi) is 5.93. The van der Waals surface area contributed by atoms with Gasteiger partial charge in [-0.05, 0) is 37.1 Å². The summed E-state index contributed by atoms with van der Waals surface area (Å²) in [6.45, 7) is 8.50. The smallest absolute Gasteiger partial charge is 0.338 e. The van der Waals surface area contributed by atoms with Crippen LogP contribution in [0.15, 0.2) is 30.4 Å². The molecule has 0 aliphatic carbocycles. The van der Waals surface area contributed by atoms with Gasteiger partial charge in [0.25, 0.3) is 0 Å². The number of hydrogen-bond donors (Lipinski definition) is 1. The van der Waals surface area contributed by atoms with E-state index >= 15 is 0 Å². The number of nitrogen functional groups attached to an aromatic ring is 1. The molecule has 0 aromatic heterocycles. The second kappa shape index (κ2) is 7.46. The molecule has 4 nitrogen and oxygen atoms in total. The molecular formula is C15H21NO3. The molecule has 0 aliphatic heterocycles. The number of esters is 1. The predicted octanol–water partition coefficient (Wildman–Crippen LogP) is 3.18. The molecule has 0 aliphatic rings. The lowest BCUT2D eigenvalue weighted by molar-refractivity contribution is 0.0500. The highest BCUT2D eigenvalue weighted by Gasteiger charge is 2.10. The van der Waals surface area contributed by atoms with E-state index in [1.807, 2.05) is 13.8 Å². The lowest BCUT2D eigenvalue weighted by Gasteiger charge is -2.10. The van der Waals surface area contributed by atoms with Gasteiger partial charge in [0.15, 0.2) is 0 Å². The van der Waals surface area contributed by atoms with Gasteiger partial charge < -0.3 is 15.2 Å². The third kappa shape index (κ3) is 5.04. The number of nitrogens with two attached hydrogens (primary N) is 1. The van der Waals surface area contributed by atoms with E-state index in [1.54, 1.807) is 18.2 Å². The van der Waals surface area contributed by atoms with Crippen molar-refractivity contribution in [3.8, 4) is 5.75 Å². The van der Waals surface area contributed by atoms with E-state index < -0.39 is 0 Å². The van der Waals surface area contributed by atoms with Crippen molar-refractivity contribution in [3.63, 3.8) is 0 Å². The van der Waals surface area contributed by atoms with Crippen LogP contribution in [-0.2, 0) is 4.74 Å². The van der Waals surface area contributed by atoms with Crippen molar-refractivity contribution in [2.24, 2.45) is 0 Å². The lowest BCUT2D eigenvalue weighted by atomic mass is 10.2. The minimum Gasteiger partial charge on any atom is -0.487 e. The molecule has 0 saturated heterocycles. The summed E-state index contributed by atoms with van der Waals surface area (Å²) in [5.41, 5.74) is 7.61. The average molecular weight is 263 g/mol. The Morgan fingerprint density at radius 2 is 2.16 bits per heavy atom. The summed E-state index contributed by atoms with van der Waals surface area (Å²) in [5, 5.41) is 0. The lowest BCUT2D eigenvalue weighted by Crippen LogP contribution is -2.08. The van der Waals surface area contributed by atoms with Crippen molar-refractivity contribution in [3.05, 3.63) is 35.9 Å². The van der Waals surface area contributed by atoms with E-state index in [4.69, 9.17) is 15.2 Å². The second-order valence-corrected chi connectivity index (χ2v) is 4.49. The summed E-state index contributed by atoms with van der Waals surface area (Å²) in [6, 6.07) is 4.90. The van der Waals surface area contributed by atoms with Crippen molar-refractivity contribution < 1.29 is 14.3 Å². The second-order valence-electron chi connectivity index (χ2n) is 4.49. The molecule has 1 aromatic rings. The molecule has 0 saturated carbocycles. The topological polar surface area (TPSA) is 61.5 Å². The van der Waals surface area contributed by atoms with Gasteiger partial charge in [0.05, 0.1) is 17.9 Å². The molecule has 0 heterocycles. The minimum absolute atomic E-state index is 0.355. The Bertz CT molecular complexity index is 455. The molecule has 0 bridgehead atoms. The summed E-state index contributed by atoms with van der Waals surface area (Å²) in [6.07, 6.45) is 1.85. The van der Waals surface area contributed by atoms with Gasteiger partial charge in [-0.2, -0.15) is 0 Å². The van der Waals surface area contributed by atoms with Gasteiger partial charge in [0.1, 0.15) is 12.4 Å². The number of rotatable bonds is 7. The maximum atomic E-state index is 11.7. The van der Waals surface area contributed by atoms with E-state index in [0.717, 1.165) is 18.4 Å². The molecular weight excluding hydrogens is 242 g/mol. The third-order valence-electron chi connectivity index (χ3n) is 2.45. The molecule has 0 atom stereocenters. The molecule has 2 N–H and O–H groups in total. The summed E-state index contributed by atoms with van der Waals surface area (Å²) in [4.78, 5) is 11.7. The van der Waals surface area contributed by atoms with Crippen LogP contribution in [0.1, 0.15) is 37.0 Å². The number of anilines is 1. The van der Waals surface area contributed by atoms with Crippen LogP contribution in [0.4, 0.5) is 5.69 Å². The zero-order chi connectivity index (χ0) is 14.3. The fraction of sp³-hybridized carbons (Fsp3) is 0.400. The Hall–Kier alpha value is -1.97. The van der Waals surface area contributed by atoms with Gasteiger partial charge in [0.2, 0.25) is 0 Å². The zero-order valence-corrected chi connectivity index (χ0v) is 11.6. The number of carbonyl (C=O) groups excluding carboxylic acids is 1. The summed E-state index contributed by atoms with van der Waals surface area (Å²) in [5.74, 6) is 0.194. The Morgan fingerprint density at radius 3 is 2.74 bits per heavy atom. The molecule has 4 heteroatoms. The SMILES string of the molecule is C=C(C)COc1ccc(C(=O)OCCCC)cc1N. The monoisotopic (exact) mass is 263 g/mol. The first-order chi connectivity index (χ1) is 9.04. The fourth-order valence-electron chi connectivity index (χ4n) is 1.40. The standard InChI is InChI=1S/C15H21NO3/c1-4-5-8-18-15(17)12-6-7-14(13(16)9-12)19-10-11(2)3/h6-7,9H,2,4-5,8,10,16H2,1,3H3. The van der Waals surface area contributed by atoms with E-state index in [1.165, 1.54) is 0 Å². The van der Waals surface area contributed by atoms with Crippen LogP contribution in [0.25, 0.3) is 0 Å². The van der Waals surface area contributed by atoms with Crippen LogP contribution in [0.3, 0.4) is 0 Å². The first-order valence-electron chi connectivity index (χ1n) is 6.38. The van der Waals surface area contributed by atoms with Gasteiger partial charge in [-0.1, -0.05) is 19.9 Å². The van der Waals surface area contributed by atoms with E-state index in [0.29, 0.717) is 30.2 Å². The highest BCUT2D eigenvalue weighted by molar-refractivity contribution is 5.91. The van der Waals surface area contributed by atoms with Crippen LogP contribution in [0.2, 0.25) is 0 Å². The van der Waals surface area contributed by atoms with Gasteiger partial charge >= 0.3 is 5.97 Å².